The minimum Gasteiger partial charge on any atom is -0.544 e. The number of amides is 3. The molecule has 0 unspecified atom stereocenters. The van der Waals surface area contributed by atoms with Crippen molar-refractivity contribution in [2.45, 2.75) is 31.9 Å². The number of hydroxylamine groups is 2. The minimum absolute atomic E-state index is 0. The van der Waals surface area contributed by atoms with E-state index < -0.39 is 36.3 Å². The van der Waals surface area contributed by atoms with Gasteiger partial charge >= 0.3 is 24.9 Å². The number of hydrogen-bond acceptors (Lipinski definition) is 7. The van der Waals surface area contributed by atoms with Crippen molar-refractivity contribution in [2.75, 3.05) is 6.54 Å². The topological polar surface area (TPSA) is 128 Å². The smallest absolute Gasteiger partial charge is 0.544 e. The van der Waals surface area contributed by atoms with E-state index in [0.717, 1.165) is 0 Å². The number of carboxylic acid groups (broad SMARTS) is 1. The average molecular weight is 360 g/mol. The number of carbonyl (C=O) groups excluding carboxylic acids is 3. The molecule has 134 valence electrons. The Balaban J connectivity index is 0.00000243. The second-order valence-corrected chi connectivity index (χ2v) is 5.53. The summed E-state index contributed by atoms with van der Waals surface area (Å²) in [5.74, 6) is -2.27. The van der Waals surface area contributed by atoms with Crippen LogP contribution in [-0.2, 0) is 21.0 Å². The molecule has 0 saturated carbocycles. The van der Waals surface area contributed by atoms with Crippen LogP contribution in [0.3, 0.4) is 0 Å². The molecule has 2 bridgehead atoms. The van der Waals surface area contributed by atoms with Crippen LogP contribution in [0.15, 0.2) is 28.5 Å². The zero-order valence-corrected chi connectivity index (χ0v) is 14.0. The van der Waals surface area contributed by atoms with Crippen molar-refractivity contribution < 1.29 is 52.0 Å². The standard InChI is InChI=1S/C14H15FN4O6.Li/c1-7-4-8-6-18(14(23)19(8)25-11(15)13(21)22)10(7)12(20)17-5-9-16-2-3-24-9;/h2-4,8,10-11H,5-6H2,1H3,(H,17,20)(H,21,22);/q;+1/p-1/t8-,10+,11-;/m1./s1. The first kappa shape index (κ1) is 20.0. The third-order valence-corrected chi connectivity index (χ3v) is 3.85. The number of aliphatic carboxylic acids is 1. The van der Waals surface area contributed by atoms with Crippen LogP contribution in [0, 0.1) is 0 Å². The molecule has 0 aliphatic carbocycles. The number of carboxylic acids is 1. The van der Waals surface area contributed by atoms with E-state index in [1.54, 1.807) is 13.0 Å². The number of oxazole rings is 1. The van der Waals surface area contributed by atoms with E-state index in [-0.39, 0.29) is 32.0 Å². The van der Waals surface area contributed by atoms with Crippen LogP contribution in [-0.4, -0.2) is 57.8 Å². The molecule has 26 heavy (non-hydrogen) atoms. The van der Waals surface area contributed by atoms with Crippen LogP contribution in [0.5, 0.6) is 0 Å². The number of halogens is 1. The molecule has 12 heteroatoms. The summed E-state index contributed by atoms with van der Waals surface area (Å²) in [6.45, 7) is 1.74. The Hall–Kier alpha value is -2.35. The molecule has 1 fully saturated rings. The second-order valence-electron chi connectivity index (χ2n) is 5.53. The molecular formula is C14H14FLiN4O6. The molecule has 10 nitrogen and oxygen atoms in total. The Labute approximate surface area is 159 Å². The zero-order chi connectivity index (χ0) is 18.1. The first-order valence-electron chi connectivity index (χ1n) is 7.34. The number of rotatable bonds is 6. The maximum Gasteiger partial charge on any atom is 1.00 e. The number of nitrogens with zero attached hydrogens (tertiary/aromatic N) is 3. The van der Waals surface area contributed by atoms with Gasteiger partial charge in [0.25, 0.3) is 6.36 Å². The molecule has 1 saturated heterocycles. The normalized spacial score (nSPS) is 22.5. The van der Waals surface area contributed by atoms with E-state index >= 15 is 0 Å². The van der Waals surface area contributed by atoms with E-state index in [0.29, 0.717) is 16.5 Å². The average Bonchev–Trinajstić information content (AvgIpc) is 3.16. The summed E-state index contributed by atoms with van der Waals surface area (Å²) in [6.07, 6.45) is 1.57. The number of nitrogens with one attached hydrogen (secondary N) is 1. The third-order valence-electron chi connectivity index (χ3n) is 3.85. The van der Waals surface area contributed by atoms with Gasteiger partial charge in [-0.3, -0.25) is 4.79 Å². The molecule has 0 spiro atoms. The molecule has 3 amide bonds. The van der Waals surface area contributed by atoms with Crippen LogP contribution in [0.1, 0.15) is 12.8 Å². The van der Waals surface area contributed by atoms with Gasteiger partial charge in [-0.1, -0.05) is 6.08 Å². The van der Waals surface area contributed by atoms with Gasteiger partial charge < -0.3 is 24.5 Å². The Morgan fingerprint density at radius 2 is 2.31 bits per heavy atom. The number of aromatic nitrogens is 1. The molecule has 3 heterocycles. The fraction of sp³-hybridized carbons (Fsp3) is 0.429. The van der Waals surface area contributed by atoms with Crippen LogP contribution in [0.4, 0.5) is 9.18 Å². The summed E-state index contributed by atoms with van der Waals surface area (Å²) in [4.78, 5) is 44.8. The molecule has 2 aliphatic rings. The van der Waals surface area contributed by atoms with E-state index in [9.17, 15) is 23.9 Å². The Morgan fingerprint density at radius 3 is 2.92 bits per heavy atom. The largest absolute Gasteiger partial charge is 1.00 e. The Morgan fingerprint density at radius 1 is 1.58 bits per heavy atom. The monoisotopic (exact) mass is 360 g/mol. The van der Waals surface area contributed by atoms with Crippen molar-refractivity contribution >= 4 is 17.9 Å². The van der Waals surface area contributed by atoms with Crippen molar-refractivity contribution in [1.29, 1.82) is 0 Å². The van der Waals surface area contributed by atoms with Gasteiger partial charge in [0, 0.05) is 0 Å². The maximum atomic E-state index is 13.2. The molecule has 0 aromatic carbocycles. The quantitative estimate of drug-likeness (QED) is 0.402. The van der Waals surface area contributed by atoms with Crippen LogP contribution < -0.4 is 29.3 Å². The summed E-state index contributed by atoms with van der Waals surface area (Å²) >= 11 is 0. The van der Waals surface area contributed by atoms with Crippen molar-refractivity contribution in [3.63, 3.8) is 0 Å². The van der Waals surface area contributed by atoms with Crippen molar-refractivity contribution in [2.24, 2.45) is 0 Å². The van der Waals surface area contributed by atoms with E-state index in [1.807, 2.05) is 0 Å². The fourth-order valence-electron chi connectivity index (χ4n) is 2.81. The first-order chi connectivity index (χ1) is 11.9. The predicted octanol–water partition coefficient (Wildman–Crippen LogP) is -4.29. The number of alkyl halides is 1. The number of carbonyl (C=O) groups is 3. The molecule has 2 aliphatic heterocycles. The van der Waals surface area contributed by atoms with Crippen LogP contribution >= 0.6 is 0 Å². The van der Waals surface area contributed by atoms with E-state index in [1.165, 1.54) is 17.4 Å². The van der Waals surface area contributed by atoms with Crippen LogP contribution in [0.25, 0.3) is 0 Å². The van der Waals surface area contributed by atoms with Crippen molar-refractivity contribution in [3.05, 3.63) is 30.0 Å². The Kier molecular flexibility index (Phi) is 6.07. The third kappa shape index (κ3) is 3.74. The predicted molar refractivity (Wildman–Crippen MR) is 74.6 cm³/mol. The van der Waals surface area contributed by atoms with Gasteiger partial charge in [-0.2, -0.15) is 5.06 Å². The molecule has 3 atom stereocenters. The molecule has 3 rings (SSSR count). The summed E-state index contributed by atoms with van der Waals surface area (Å²) in [5.41, 5.74) is 0.546. The summed E-state index contributed by atoms with van der Waals surface area (Å²) in [6, 6.07) is -2.42. The molecule has 1 N–H and O–H groups in total. The molecular weight excluding hydrogens is 346 g/mol. The molecule has 0 radical (unpaired) electrons. The summed E-state index contributed by atoms with van der Waals surface area (Å²) in [7, 11) is 0. The fourth-order valence-corrected chi connectivity index (χ4v) is 2.81. The number of hydrogen-bond donors (Lipinski definition) is 1. The zero-order valence-electron chi connectivity index (χ0n) is 14.0. The van der Waals surface area contributed by atoms with Gasteiger partial charge in [-0.25, -0.2) is 19.0 Å². The van der Waals surface area contributed by atoms with Crippen molar-refractivity contribution in [1.82, 2.24) is 20.3 Å². The van der Waals surface area contributed by atoms with Crippen molar-refractivity contribution in [3.8, 4) is 0 Å². The maximum absolute atomic E-state index is 13.2. The minimum atomic E-state index is -2.78. The summed E-state index contributed by atoms with van der Waals surface area (Å²) in [5, 5.41) is 13.7. The van der Waals surface area contributed by atoms with Gasteiger partial charge in [-0.15, -0.1) is 0 Å². The van der Waals surface area contributed by atoms with E-state index in [2.05, 4.69) is 15.1 Å². The van der Waals surface area contributed by atoms with Gasteiger partial charge in [0.15, 0.2) is 0 Å². The SMILES string of the molecule is CC1=C[C@@H]2CN(C(=O)N2O[C@@H](F)C(=O)[O-])[C@@H]1C(=O)NCc1ncco1.[Li+]. The van der Waals surface area contributed by atoms with Crippen LogP contribution in [0.2, 0.25) is 0 Å². The van der Waals surface area contributed by atoms with Gasteiger partial charge in [0.1, 0.15) is 18.3 Å². The van der Waals surface area contributed by atoms with Gasteiger partial charge in [-0.05, 0) is 12.5 Å². The number of urea groups is 1. The number of fused-ring (bicyclic) bond motifs is 2. The second kappa shape index (κ2) is 7.90. The first-order valence-corrected chi connectivity index (χ1v) is 7.34. The summed E-state index contributed by atoms with van der Waals surface area (Å²) < 4.78 is 18.2. The Bertz CT molecular complexity index is 727. The molecule has 1 aromatic rings. The van der Waals surface area contributed by atoms with E-state index in [4.69, 9.17) is 4.42 Å². The molecule has 1 aromatic heterocycles. The van der Waals surface area contributed by atoms with Gasteiger partial charge in [0.2, 0.25) is 11.8 Å². The van der Waals surface area contributed by atoms with Gasteiger partial charge in [0.05, 0.1) is 25.3 Å².